The van der Waals surface area contributed by atoms with Crippen LogP contribution in [0.25, 0.3) is 0 Å². The van der Waals surface area contributed by atoms with Gasteiger partial charge in [-0.1, -0.05) is 97.0 Å². The average Bonchev–Trinajstić information content (AvgIpc) is 2.48. The minimum Gasteiger partial charge on any atom is -0.459 e. The summed E-state index contributed by atoms with van der Waals surface area (Å²) in [6, 6.07) is 0. The van der Waals surface area contributed by atoms with Crippen LogP contribution >= 0.6 is 12.2 Å². The summed E-state index contributed by atoms with van der Waals surface area (Å²) >= 11 is 5.05. The molecule has 0 saturated carbocycles. The molecule has 0 rings (SSSR count). The molecule has 0 aromatic carbocycles. The molecule has 124 valence electrons. The maximum atomic E-state index is 5.05. The van der Waals surface area contributed by atoms with Crippen molar-refractivity contribution in [1.82, 2.24) is 0 Å². The Kier molecular flexibility index (Phi) is 17.4. The van der Waals surface area contributed by atoms with Crippen LogP contribution in [0.15, 0.2) is 12.8 Å². The van der Waals surface area contributed by atoms with Crippen molar-refractivity contribution in [3.63, 3.8) is 0 Å². The van der Waals surface area contributed by atoms with Crippen LogP contribution in [0.3, 0.4) is 0 Å². The maximum Gasteiger partial charge on any atom is 0.166 e. The molecule has 0 spiro atoms. The molecule has 0 amide bonds. The molecule has 0 aliphatic carbocycles. The highest BCUT2D eigenvalue weighted by Gasteiger charge is 1.97. The van der Waals surface area contributed by atoms with Gasteiger partial charge < -0.3 is 4.74 Å². The summed E-state index contributed by atoms with van der Waals surface area (Å²) in [4.78, 5) is 0. The zero-order chi connectivity index (χ0) is 15.6. The third-order valence-electron chi connectivity index (χ3n) is 3.95. The van der Waals surface area contributed by atoms with E-state index in [0.29, 0.717) is 5.05 Å². The topological polar surface area (TPSA) is 9.23 Å². The predicted molar refractivity (Wildman–Crippen MR) is 98.8 cm³/mol. The van der Waals surface area contributed by atoms with Crippen LogP contribution in [0.2, 0.25) is 0 Å². The van der Waals surface area contributed by atoms with Crippen LogP contribution in [0.1, 0.15) is 103 Å². The van der Waals surface area contributed by atoms with Gasteiger partial charge in [-0.05, 0) is 18.6 Å². The Morgan fingerprint density at radius 2 is 1.14 bits per heavy atom. The first-order chi connectivity index (χ1) is 10.3. The SMILES string of the molecule is C=COC(=S)CCCCCCCCCCCCCCCC. The van der Waals surface area contributed by atoms with Crippen LogP contribution in [0.4, 0.5) is 0 Å². The zero-order valence-electron chi connectivity index (χ0n) is 14.2. The van der Waals surface area contributed by atoms with Crippen molar-refractivity contribution in [3.8, 4) is 0 Å². The summed E-state index contributed by atoms with van der Waals surface area (Å²) in [6.07, 6.45) is 21.8. The van der Waals surface area contributed by atoms with E-state index in [1.54, 1.807) is 0 Å². The molecule has 0 fully saturated rings. The van der Waals surface area contributed by atoms with E-state index in [2.05, 4.69) is 13.5 Å². The van der Waals surface area contributed by atoms with Crippen molar-refractivity contribution in [2.75, 3.05) is 0 Å². The lowest BCUT2D eigenvalue weighted by atomic mass is 10.0. The fraction of sp³-hybridized carbons (Fsp3) is 0.842. The van der Waals surface area contributed by atoms with Crippen molar-refractivity contribution in [1.29, 1.82) is 0 Å². The fourth-order valence-electron chi connectivity index (χ4n) is 2.62. The number of thiocarbonyl (C=S) groups is 1. The molecule has 21 heavy (non-hydrogen) atoms. The van der Waals surface area contributed by atoms with E-state index < -0.39 is 0 Å². The summed E-state index contributed by atoms with van der Waals surface area (Å²) in [5, 5.41) is 0.684. The van der Waals surface area contributed by atoms with E-state index in [4.69, 9.17) is 17.0 Å². The van der Waals surface area contributed by atoms with Crippen molar-refractivity contribution in [3.05, 3.63) is 12.8 Å². The van der Waals surface area contributed by atoms with Gasteiger partial charge in [0.2, 0.25) is 0 Å². The van der Waals surface area contributed by atoms with Crippen LogP contribution in [-0.2, 0) is 4.74 Å². The van der Waals surface area contributed by atoms with E-state index in [1.165, 1.54) is 89.7 Å². The summed E-state index contributed by atoms with van der Waals surface area (Å²) in [7, 11) is 0. The summed E-state index contributed by atoms with van der Waals surface area (Å²) in [6.45, 7) is 5.79. The molecule has 0 saturated heterocycles. The number of unbranched alkanes of at least 4 members (excludes halogenated alkanes) is 13. The van der Waals surface area contributed by atoms with Crippen LogP contribution in [0.5, 0.6) is 0 Å². The van der Waals surface area contributed by atoms with Crippen molar-refractivity contribution < 1.29 is 4.74 Å². The molecular formula is C19H36OS. The second-order valence-electron chi connectivity index (χ2n) is 6.00. The van der Waals surface area contributed by atoms with E-state index in [0.717, 1.165) is 12.8 Å². The second kappa shape index (κ2) is 17.7. The lowest BCUT2D eigenvalue weighted by Crippen LogP contribution is -1.95. The van der Waals surface area contributed by atoms with Gasteiger partial charge in [-0.15, -0.1) is 0 Å². The number of hydrogen-bond donors (Lipinski definition) is 0. The Hall–Kier alpha value is -0.370. The monoisotopic (exact) mass is 312 g/mol. The van der Waals surface area contributed by atoms with E-state index >= 15 is 0 Å². The molecule has 0 atom stereocenters. The van der Waals surface area contributed by atoms with E-state index in [-0.39, 0.29) is 0 Å². The number of hydrogen-bond acceptors (Lipinski definition) is 2. The molecule has 0 aliphatic rings. The van der Waals surface area contributed by atoms with Crippen molar-refractivity contribution >= 4 is 17.3 Å². The van der Waals surface area contributed by atoms with Gasteiger partial charge in [0, 0.05) is 6.42 Å². The van der Waals surface area contributed by atoms with Crippen molar-refractivity contribution in [2.45, 2.75) is 103 Å². The number of ether oxygens (including phenoxy) is 1. The predicted octanol–water partition coefficient (Wildman–Crippen LogP) is 7.35. The van der Waals surface area contributed by atoms with Crippen LogP contribution in [-0.4, -0.2) is 5.05 Å². The first kappa shape index (κ1) is 20.6. The van der Waals surface area contributed by atoms with Gasteiger partial charge >= 0.3 is 0 Å². The van der Waals surface area contributed by atoms with Crippen LogP contribution < -0.4 is 0 Å². The average molecular weight is 313 g/mol. The Bertz CT molecular complexity index is 238. The second-order valence-corrected chi connectivity index (χ2v) is 6.46. The molecule has 0 aliphatic heterocycles. The highest BCUT2D eigenvalue weighted by Crippen LogP contribution is 2.13. The summed E-state index contributed by atoms with van der Waals surface area (Å²) in [5.74, 6) is 0. The summed E-state index contributed by atoms with van der Waals surface area (Å²) < 4.78 is 5.05. The molecule has 0 heterocycles. The maximum absolute atomic E-state index is 5.05. The zero-order valence-corrected chi connectivity index (χ0v) is 15.0. The molecule has 0 bridgehead atoms. The normalized spacial score (nSPS) is 10.5. The van der Waals surface area contributed by atoms with Crippen molar-refractivity contribution in [2.24, 2.45) is 0 Å². The van der Waals surface area contributed by atoms with Gasteiger partial charge in [0.15, 0.2) is 5.05 Å². The van der Waals surface area contributed by atoms with E-state index in [9.17, 15) is 0 Å². The molecular weight excluding hydrogens is 276 g/mol. The van der Waals surface area contributed by atoms with Gasteiger partial charge in [-0.3, -0.25) is 0 Å². The lowest BCUT2D eigenvalue weighted by molar-refractivity contribution is 0.465. The first-order valence-corrected chi connectivity index (χ1v) is 9.52. The van der Waals surface area contributed by atoms with Crippen LogP contribution in [0, 0.1) is 0 Å². The van der Waals surface area contributed by atoms with Gasteiger partial charge in [0.05, 0.1) is 6.26 Å². The highest BCUT2D eigenvalue weighted by molar-refractivity contribution is 7.80. The Morgan fingerprint density at radius 1 is 0.762 bits per heavy atom. The molecule has 0 aromatic rings. The Labute approximate surface area is 138 Å². The fourth-order valence-corrected chi connectivity index (χ4v) is 2.83. The summed E-state index contributed by atoms with van der Waals surface area (Å²) in [5.41, 5.74) is 0. The minimum absolute atomic E-state index is 0.684. The molecule has 1 nitrogen and oxygen atoms in total. The highest BCUT2D eigenvalue weighted by atomic mass is 32.1. The quantitative estimate of drug-likeness (QED) is 0.167. The Balaban J connectivity index is 3.02. The molecule has 0 radical (unpaired) electrons. The van der Waals surface area contributed by atoms with Gasteiger partial charge in [-0.2, -0.15) is 0 Å². The largest absolute Gasteiger partial charge is 0.459 e. The lowest BCUT2D eigenvalue weighted by Gasteiger charge is -2.04. The van der Waals surface area contributed by atoms with Gasteiger partial charge in [-0.25, -0.2) is 0 Å². The third-order valence-corrected chi connectivity index (χ3v) is 4.25. The number of rotatable bonds is 16. The molecule has 0 unspecified atom stereocenters. The molecule has 0 N–H and O–H groups in total. The molecule has 2 heteroatoms. The first-order valence-electron chi connectivity index (χ1n) is 9.11. The minimum atomic E-state index is 0.684. The smallest absolute Gasteiger partial charge is 0.166 e. The van der Waals surface area contributed by atoms with E-state index in [1.807, 2.05) is 0 Å². The van der Waals surface area contributed by atoms with Gasteiger partial charge in [0.25, 0.3) is 0 Å². The standard InChI is InChI=1S/C19H36OS/c1-3-5-6-7-8-9-10-11-12-13-14-15-16-17-18-19(21)20-4-2/h4H,2-3,5-18H2,1H3. The Morgan fingerprint density at radius 3 is 1.52 bits per heavy atom. The van der Waals surface area contributed by atoms with Gasteiger partial charge in [0.1, 0.15) is 0 Å². The molecule has 0 aromatic heterocycles. The third kappa shape index (κ3) is 17.6.